The molecule has 2 N–H and O–H groups in total. The molecule has 5 heteroatoms. The van der Waals surface area contributed by atoms with E-state index in [1.54, 1.807) is 20.2 Å². The molecular weight excluding hydrogens is 340 g/mol. The summed E-state index contributed by atoms with van der Waals surface area (Å²) >= 11 is 0. The Morgan fingerprint density at radius 1 is 1.07 bits per heavy atom. The number of amides is 1. The summed E-state index contributed by atoms with van der Waals surface area (Å²) in [6.45, 7) is 1.29. The Balaban J connectivity index is 1.80. The third-order valence-corrected chi connectivity index (χ3v) is 4.64. The third-order valence-electron chi connectivity index (χ3n) is 4.64. The fourth-order valence-electron chi connectivity index (χ4n) is 3.19. The number of hydrogen-bond acceptors (Lipinski definition) is 4. The Bertz CT molecular complexity index is 952. The minimum absolute atomic E-state index is 0.0930. The molecule has 140 valence electrons. The van der Waals surface area contributed by atoms with E-state index in [9.17, 15) is 9.90 Å². The molecule has 0 aliphatic rings. The molecule has 0 saturated carbocycles. The second-order valence-corrected chi connectivity index (χ2v) is 6.60. The number of ether oxygens (including phenoxy) is 1. The minimum atomic E-state index is -0.0930. The Hall–Kier alpha value is -3.05. The predicted molar refractivity (Wildman–Crippen MR) is 107 cm³/mol. The third kappa shape index (κ3) is 4.20. The van der Waals surface area contributed by atoms with Crippen LogP contribution in [0.15, 0.2) is 54.6 Å². The van der Waals surface area contributed by atoms with Crippen LogP contribution in [0.4, 0.5) is 0 Å². The number of carbonyl (C=O) groups is 1. The van der Waals surface area contributed by atoms with Crippen molar-refractivity contribution in [3.63, 3.8) is 0 Å². The SMILES string of the molecule is CNC(=O)c1ccc(CN(C)Cc2c(O)ccc3ccc(OC)cc23)cc1. The summed E-state index contributed by atoms with van der Waals surface area (Å²) in [5, 5.41) is 15.1. The van der Waals surface area contributed by atoms with Crippen LogP contribution in [-0.4, -0.2) is 37.1 Å². The van der Waals surface area contributed by atoms with Gasteiger partial charge in [0.05, 0.1) is 7.11 Å². The lowest BCUT2D eigenvalue weighted by Gasteiger charge is -2.19. The quantitative estimate of drug-likeness (QED) is 0.702. The molecule has 0 heterocycles. The van der Waals surface area contributed by atoms with Crippen LogP contribution in [0.1, 0.15) is 21.5 Å². The van der Waals surface area contributed by atoms with Crippen LogP contribution in [0.25, 0.3) is 10.8 Å². The first-order chi connectivity index (χ1) is 13.0. The molecule has 0 saturated heterocycles. The molecule has 0 aliphatic carbocycles. The summed E-state index contributed by atoms with van der Waals surface area (Å²) in [5.41, 5.74) is 2.61. The van der Waals surface area contributed by atoms with Crippen molar-refractivity contribution >= 4 is 16.7 Å². The van der Waals surface area contributed by atoms with Crippen LogP contribution in [0.5, 0.6) is 11.5 Å². The van der Waals surface area contributed by atoms with Gasteiger partial charge in [-0.1, -0.05) is 24.3 Å². The highest BCUT2D eigenvalue weighted by atomic mass is 16.5. The van der Waals surface area contributed by atoms with Gasteiger partial charge >= 0.3 is 0 Å². The fourth-order valence-corrected chi connectivity index (χ4v) is 3.19. The minimum Gasteiger partial charge on any atom is -0.508 e. The summed E-state index contributed by atoms with van der Waals surface area (Å²) in [7, 11) is 5.26. The predicted octanol–water partition coefficient (Wildman–Crippen LogP) is 3.55. The van der Waals surface area contributed by atoms with Crippen LogP contribution in [-0.2, 0) is 13.1 Å². The lowest BCUT2D eigenvalue weighted by atomic mass is 10.0. The van der Waals surface area contributed by atoms with Crippen LogP contribution in [0.2, 0.25) is 0 Å². The number of phenols is 1. The lowest BCUT2D eigenvalue weighted by molar-refractivity contribution is 0.0963. The molecule has 3 rings (SSSR count). The van der Waals surface area contributed by atoms with Crippen LogP contribution >= 0.6 is 0 Å². The van der Waals surface area contributed by atoms with Gasteiger partial charge in [-0.25, -0.2) is 0 Å². The standard InChI is InChI=1S/C22H24N2O3/c1-23-22(26)17-6-4-15(5-7-17)13-24(2)14-20-19-12-18(27-3)10-8-16(19)9-11-21(20)25/h4-12,25H,13-14H2,1-3H3,(H,23,26). The summed E-state index contributed by atoms with van der Waals surface area (Å²) in [6.07, 6.45) is 0. The van der Waals surface area contributed by atoms with E-state index in [0.29, 0.717) is 18.7 Å². The van der Waals surface area contributed by atoms with E-state index in [-0.39, 0.29) is 11.7 Å². The number of nitrogens with one attached hydrogen (secondary N) is 1. The second-order valence-electron chi connectivity index (χ2n) is 6.60. The number of rotatable bonds is 6. The maximum Gasteiger partial charge on any atom is 0.251 e. The van der Waals surface area contributed by atoms with Crippen molar-refractivity contribution in [2.24, 2.45) is 0 Å². The molecule has 0 fully saturated rings. The van der Waals surface area contributed by atoms with E-state index < -0.39 is 0 Å². The highest BCUT2D eigenvalue weighted by molar-refractivity contribution is 5.94. The second kappa shape index (κ2) is 8.10. The van der Waals surface area contributed by atoms with Gasteiger partial charge in [-0.2, -0.15) is 0 Å². The van der Waals surface area contributed by atoms with Crippen LogP contribution < -0.4 is 10.1 Å². The van der Waals surface area contributed by atoms with Crippen LogP contribution in [0.3, 0.4) is 0 Å². The van der Waals surface area contributed by atoms with E-state index in [1.165, 1.54) is 0 Å². The molecule has 0 unspecified atom stereocenters. The van der Waals surface area contributed by atoms with Gasteiger partial charge < -0.3 is 15.2 Å². The maximum absolute atomic E-state index is 11.6. The summed E-state index contributed by atoms with van der Waals surface area (Å²) in [4.78, 5) is 13.8. The van der Waals surface area contributed by atoms with Crippen molar-refractivity contribution in [2.45, 2.75) is 13.1 Å². The lowest BCUT2D eigenvalue weighted by Crippen LogP contribution is -2.19. The normalized spacial score (nSPS) is 11.0. The zero-order valence-corrected chi connectivity index (χ0v) is 15.8. The van der Waals surface area contributed by atoms with E-state index >= 15 is 0 Å². The topological polar surface area (TPSA) is 61.8 Å². The van der Waals surface area contributed by atoms with Crippen molar-refractivity contribution in [2.75, 3.05) is 21.2 Å². The van der Waals surface area contributed by atoms with Gasteiger partial charge in [-0.3, -0.25) is 9.69 Å². The summed E-state index contributed by atoms with van der Waals surface area (Å²) < 4.78 is 5.33. The number of phenolic OH excluding ortho intramolecular Hbond substituents is 1. The smallest absolute Gasteiger partial charge is 0.251 e. The Labute approximate surface area is 159 Å². The van der Waals surface area contributed by atoms with Crippen molar-refractivity contribution in [1.29, 1.82) is 0 Å². The van der Waals surface area contributed by atoms with Crippen molar-refractivity contribution < 1.29 is 14.6 Å². The number of aromatic hydroxyl groups is 1. The molecule has 0 spiro atoms. The maximum atomic E-state index is 11.6. The van der Waals surface area contributed by atoms with Gasteiger partial charge in [0.1, 0.15) is 11.5 Å². The Morgan fingerprint density at radius 2 is 1.78 bits per heavy atom. The number of benzene rings is 3. The van der Waals surface area contributed by atoms with Crippen molar-refractivity contribution in [3.05, 3.63) is 71.3 Å². The van der Waals surface area contributed by atoms with Crippen LogP contribution in [0, 0.1) is 0 Å². The van der Waals surface area contributed by atoms with E-state index in [4.69, 9.17) is 4.74 Å². The zero-order valence-electron chi connectivity index (χ0n) is 15.8. The fraction of sp³-hybridized carbons (Fsp3) is 0.227. The van der Waals surface area contributed by atoms with E-state index in [1.807, 2.05) is 55.6 Å². The average Bonchev–Trinajstić information content (AvgIpc) is 2.69. The number of carbonyl (C=O) groups excluding carboxylic acids is 1. The van der Waals surface area contributed by atoms with Gasteiger partial charge in [-0.05, 0) is 53.7 Å². The average molecular weight is 364 g/mol. The van der Waals surface area contributed by atoms with Gasteiger partial charge in [-0.15, -0.1) is 0 Å². The Kier molecular flexibility index (Phi) is 5.62. The molecule has 0 radical (unpaired) electrons. The molecule has 3 aromatic carbocycles. The van der Waals surface area contributed by atoms with Crippen molar-refractivity contribution in [1.82, 2.24) is 10.2 Å². The molecule has 0 aliphatic heterocycles. The zero-order chi connectivity index (χ0) is 19.4. The number of methoxy groups -OCH3 is 1. The molecule has 0 atom stereocenters. The molecule has 0 aromatic heterocycles. The summed E-state index contributed by atoms with van der Waals surface area (Å²) in [6, 6.07) is 17.1. The first kappa shape index (κ1) is 18.7. The molecule has 5 nitrogen and oxygen atoms in total. The molecule has 1 amide bonds. The number of hydrogen-bond donors (Lipinski definition) is 2. The van der Waals surface area contributed by atoms with Gasteiger partial charge in [0.25, 0.3) is 5.91 Å². The Morgan fingerprint density at radius 3 is 2.44 bits per heavy atom. The number of nitrogens with zero attached hydrogens (tertiary/aromatic N) is 1. The van der Waals surface area contributed by atoms with Gasteiger partial charge in [0.15, 0.2) is 0 Å². The van der Waals surface area contributed by atoms with Gasteiger partial charge in [0, 0.05) is 31.3 Å². The van der Waals surface area contributed by atoms with Gasteiger partial charge in [0.2, 0.25) is 0 Å². The number of fused-ring (bicyclic) bond motifs is 1. The van der Waals surface area contributed by atoms with Crippen molar-refractivity contribution in [3.8, 4) is 11.5 Å². The first-order valence-corrected chi connectivity index (χ1v) is 8.80. The largest absolute Gasteiger partial charge is 0.508 e. The molecule has 3 aromatic rings. The van der Waals surface area contributed by atoms with E-state index in [0.717, 1.165) is 27.6 Å². The summed E-state index contributed by atoms with van der Waals surface area (Å²) in [5.74, 6) is 0.948. The highest BCUT2D eigenvalue weighted by Crippen LogP contribution is 2.31. The molecular formula is C22H24N2O3. The van der Waals surface area contributed by atoms with E-state index in [2.05, 4.69) is 10.2 Å². The first-order valence-electron chi connectivity index (χ1n) is 8.80. The monoisotopic (exact) mass is 364 g/mol. The highest BCUT2D eigenvalue weighted by Gasteiger charge is 2.12. The molecule has 0 bridgehead atoms. The molecule has 27 heavy (non-hydrogen) atoms.